The van der Waals surface area contributed by atoms with Crippen LogP contribution in [0, 0.1) is 5.92 Å². The maximum absolute atomic E-state index is 11.7. The summed E-state index contributed by atoms with van der Waals surface area (Å²) in [6.45, 7) is 0.259. The predicted molar refractivity (Wildman–Crippen MR) is 96.8 cm³/mol. The molecule has 0 aromatic heterocycles. The first kappa shape index (κ1) is 16.5. The molecular weight excluding hydrogens is 336 g/mol. The summed E-state index contributed by atoms with van der Waals surface area (Å²) in [7, 11) is -3.18. The molecule has 4 nitrogen and oxygen atoms in total. The Morgan fingerprint density at radius 3 is 2.28 bits per heavy atom. The lowest BCUT2D eigenvalue weighted by molar-refractivity contribution is 0.174. The van der Waals surface area contributed by atoms with Crippen molar-refractivity contribution in [2.75, 3.05) is 13.0 Å². The van der Waals surface area contributed by atoms with Crippen LogP contribution in [0.5, 0.6) is 11.5 Å². The standard InChI is InChI=1S/C20H22O4S/c1-25(21,22)17-8-6-15(7-9-17)18-12-20-19(23-13-24-20)11-16(18)10-14-4-2-3-5-14/h6-9,11-12,14H,2-5,10,13H2,1H3. The number of hydrogen-bond donors (Lipinski definition) is 0. The van der Waals surface area contributed by atoms with Crippen LogP contribution < -0.4 is 9.47 Å². The van der Waals surface area contributed by atoms with Gasteiger partial charge in [-0.2, -0.15) is 0 Å². The summed E-state index contributed by atoms with van der Waals surface area (Å²) in [6.07, 6.45) is 7.44. The molecule has 0 bridgehead atoms. The van der Waals surface area contributed by atoms with E-state index in [1.54, 1.807) is 12.1 Å². The third kappa shape index (κ3) is 3.38. The van der Waals surface area contributed by atoms with E-state index < -0.39 is 9.84 Å². The minimum absolute atomic E-state index is 0.259. The largest absolute Gasteiger partial charge is 0.454 e. The van der Waals surface area contributed by atoms with Gasteiger partial charge in [-0.3, -0.25) is 0 Å². The summed E-state index contributed by atoms with van der Waals surface area (Å²) in [4.78, 5) is 0.342. The molecule has 0 amide bonds. The molecule has 5 heteroatoms. The van der Waals surface area contributed by atoms with Gasteiger partial charge >= 0.3 is 0 Å². The molecule has 1 saturated carbocycles. The molecule has 0 radical (unpaired) electrons. The highest BCUT2D eigenvalue weighted by Crippen LogP contribution is 2.41. The van der Waals surface area contributed by atoms with Crippen molar-refractivity contribution in [2.24, 2.45) is 5.92 Å². The SMILES string of the molecule is CS(=O)(=O)c1ccc(-c2cc3c(cc2CC2CCCC2)OCO3)cc1. The fourth-order valence-electron chi connectivity index (χ4n) is 3.83. The van der Waals surface area contributed by atoms with Crippen LogP contribution in [0.25, 0.3) is 11.1 Å². The molecule has 1 aliphatic heterocycles. The lowest BCUT2D eigenvalue weighted by atomic mass is 9.91. The molecule has 1 aliphatic carbocycles. The van der Waals surface area contributed by atoms with E-state index in [2.05, 4.69) is 6.07 Å². The molecule has 2 aromatic rings. The van der Waals surface area contributed by atoms with E-state index >= 15 is 0 Å². The molecule has 0 atom stereocenters. The molecule has 1 fully saturated rings. The summed E-state index contributed by atoms with van der Waals surface area (Å²) in [5.41, 5.74) is 3.37. The zero-order valence-electron chi connectivity index (χ0n) is 14.3. The molecule has 0 spiro atoms. The Morgan fingerprint density at radius 1 is 1.00 bits per heavy atom. The average Bonchev–Trinajstić information content (AvgIpc) is 3.24. The van der Waals surface area contributed by atoms with Gasteiger partial charge in [-0.1, -0.05) is 37.8 Å². The van der Waals surface area contributed by atoms with E-state index in [1.165, 1.54) is 37.5 Å². The first-order valence-corrected chi connectivity index (χ1v) is 10.6. The quantitative estimate of drug-likeness (QED) is 0.821. The van der Waals surface area contributed by atoms with Gasteiger partial charge in [0.25, 0.3) is 0 Å². The zero-order chi connectivity index (χ0) is 17.4. The zero-order valence-corrected chi connectivity index (χ0v) is 15.1. The molecule has 2 aromatic carbocycles. The van der Waals surface area contributed by atoms with Crippen molar-refractivity contribution in [1.82, 2.24) is 0 Å². The molecule has 2 aliphatic rings. The second-order valence-corrected chi connectivity index (χ2v) is 9.03. The van der Waals surface area contributed by atoms with Crippen molar-refractivity contribution in [2.45, 2.75) is 37.0 Å². The molecular formula is C20H22O4S. The highest BCUT2D eigenvalue weighted by Gasteiger charge is 2.22. The van der Waals surface area contributed by atoms with Crippen LogP contribution in [0.4, 0.5) is 0 Å². The summed E-state index contributed by atoms with van der Waals surface area (Å²) in [6, 6.07) is 11.2. The molecule has 0 unspecified atom stereocenters. The van der Waals surface area contributed by atoms with E-state index in [4.69, 9.17) is 9.47 Å². The van der Waals surface area contributed by atoms with E-state index in [-0.39, 0.29) is 6.79 Å². The monoisotopic (exact) mass is 358 g/mol. The van der Waals surface area contributed by atoms with Crippen molar-refractivity contribution in [3.05, 3.63) is 42.0 Å². The molecule has 1 heterocycles. The normalized spacial score (nSPS) is 17.2. The second-order valence-electron chi connectivity index (χ2n) is 7.01. The fraction of sp³-hybridized carbons (Fsp3) is 0.400. The third-order valence-corrected chi connectivity index (χ3v) is 6.30. The second kappa shape index (κ2) is 6.37. The van der Waals surface area contributed by atoms with E-state index in [0.29, 0.717) is 4.90 Å². The summed E-state index contributed by atoms with van der Waals surface area (Å²) in [5.74, 6) is 2.29. The molecule has 0 N–H and O–H groups in total. The third-order valence-electron chi connectivity index (χ3n) is 5.18. The van der Waals surface area contributed by atoms with Crippen molar-refractivity contribution in [1.29, 1.82) is 0 Å². The fourth-order valence-corrected chi connectivity index (χ4v) is 4.46. The van der Waals surface area contributed by atoms with Crippen molar-refractivity contribution >= 4 is 9.84 Å². The minimum Gasteiger partial charge on any atom is -0.454 e. The van der Waals surface area contributed by atoms with Gasteiger partial charge in [0.2, 0.25) is 6.79 Å². The predicted octanol–water partition coefficient (Wildman–Crippen LogP) is 4.22. The number of benzene rings is 2. The Bertz CT molecular complexity index is 879. The van der Waals surface area contributed by atoms with Gasteiger partial charge in [0.15, 0.2) is 21.3 Å². The van der Waals surface area contributed by atoms with Crippen LogP contribution in [0.2, 0.25) is 0 Å². The van der Waals surface area contributed by atoms with Crippen LogP contribution in [-0.4, -0.2) is 21.5 Å². The minimum atomic E-state index is -3.18. The number of hydrogen-bond acceptors (Lipinski definition) is 4. The highest BCUT2D eigenvalue weighted by atomic mass is 32.2. The van der Waals surface area contributed by atoms with Gasteiger partial charge < -0.3 is 9.47 Å². The summed E-state index contributed by atoms with van der Waals surface area (Å²) < 4.78 is 34.5. The smallest absolute Gasteiger partial charge is 0.231 e. The summed E-state index contributed by atoms with van der Waals surface area (Å²) >= 11 is 0. The number of fused-ring (bicyclic) bond motifs is 1. The first-order valence-electron chi connectivity index (χ1n) is 8.74. The first-order chi connectivity index (χ1) is 12.0. The van der Waals surface area contributed by atoms with Crippen LogP contribution in [0.3, 0.4) is 0 Å². The lowest BCUT2D eigenvalue weighted by Crippen LogP contribution is -2.01. The number of sulfone groups is 1. The Labute approximate surface area is 148 Å². The number of rotatable bonds is 4. The lowest BCUT2D eigenvalue weighted by Gasteiger charge is -2.15. The maximum Gasteiger partial charge on any atom is 0.231 e. The Balaban J connectivity index is 1.74. The van der Waals surface area contributed by atoms with Crippen LogP contribution in [0.15, 0.2) is 41.3 Å². The Morgan fingerprint density at radius 2 is 1.64 bits per heavy atom. The van der Waals surface area contributed by atoms with Gasteiger partial charge in [0.1, 0.15) is 0 Å². The maximum atomic E-state index is 11.7. The highest BCUT2D eigenvalue weighted by molar-refractivity contribution is 7.90. The molecule has 132 valence electrons. The van der Waals surface area contributed by atoms with Crippen LogP contribution >= 0.6 is 0 Å². The van der Waals surface area contributed by atoms with E-state index in [9.17, 15) is 8.42 Å². The Hall–Kier alpha value is -2.01. The van der Waals surface area contributed by atoms with Crippen LogP contribution in [0.1, 0.15) is 31.2 Å². The Kier molecular flexibility index (Phi) is 4.20. The number of ether oxygens (including phenoxy) is 2. The molecule has 4 rings (SSSR count). The van der Waals surface area contributed by atoms with Gasteiger partial charge in [-0.25, -0.2) is 8.42 Å². The topological polar surface area (TPSA) is 52.6 Å². The van der Waals surface area contributed by atoms with E-state index in [0.717, 1.165) is 35.0 Å². The molecule has 25 heavy (non-hydrogen) atoms. The van der Waals surface area contributed by atoms with Crippen molar-refractivity contribution in [3.63, 3.8) is 0 Å². The van der Waals surface area contributed by atoms with Gasteiger partial charge in [0.05, 0.1) is 4.90 Å². The van der Waals surface area contributed by atoms with Crippen molar-refractivity contribution < 1.29 is 17.9 Å². The van der Waals surface area contributed by atoms with Gasteiger partial charge in [-0.05, 0) is 53.3 Å². The van der Waals surface area contributed by atoms with Gasteiger partial charge in [-0.15, -0.1) is 0 Å². The van der Waals surface area contributed by atoms with Crippen molar-refractivity contribution in [3.8, 4) is 22.6 Å². The summed E-state index contributed by atoms with van der Waals surface area (Å²) in [5, 5.41) is 0. The molecule has 0 saturated heterocycles. The van der Waals surface area contributed by atoms with Gasteiger partial charge in [0, 0.05) is 6.26 Å². The van der Waals surface area contributed by atoms with Crippen LogP contribution in [-0.2, 0) is 16.3 Å². The average molecular weight is 358 g/mol. The van der Waals surface area contributed by atoms with E-state index in [1.807, 2.05) is 18.2 Å².